The molecule has 0 saturated heterocycles. The summed E-state index contributed by atoms with van der Waals surface area (Å²) in [6.07, 6.45) is -1.52. The van der Waals surface area contributed by atoms with Crippen molar-refractivity contribution in [3.05, 3.63) is 81.5 Å². The number of anilines is 1. The normalized spacial score (nSPS) is 11.6. The minimum atomic E-state index is -4.59. The van der Waals surface area contributed by atoms with Crippen LogP contribution in [-0.4, -0.2) is 40.5 Å². The summed E-state index contributed by atoms with van der Waals surface area (Å²) in [4.78, 5) is 39.2. The largest absolute Gasteiger partial charge is 0.417 e. The van der Waals surface area contributed by atoms with Crippen LogP contribution in [-0.2, 0) is 6.18 Å². The third-order valence-electron chi connectivity index (χ3n) is 4.93. The Kier molecular flexibility index (Phi) is 5.79. The maximum atomic E-state index is 13.3. The summed E-state index contributed by atoms with van der Waals surface area (Å²) in [6.45, 7) is 0. The second kappa shape index (κ2) is 8.98. The number of aromatic nitrogens is 6. The van der Waals surface area contributed by atoms with Crippen LogP contribution in [0.5, 0.6) is 0 Å². The minimum absolute atomic E-state index is 0.00367. The highest BCUT2D eigenvalue weighted by Crippen LogP contribution is 2.31. The van der Waals surface area contributed by atoms with Crippen molar-refractivity contribution >= 4 is 39.1 Å². The molecule has 0 saturated carbocycles. The van der Waals surface area contributed by atoms with E-state index in [-0.39, 0.29) is 43.9 Å². The molecule has 0 spiro atoms. The molecule has 0 aliphatic carbocycles. The van der Waals surface area contributed by atoms with Gasteiger partial charge >= 0.3 is 11.2 Å². The van der Waals surface area contributed by atoms with Crippen LogP contribution in [0.25, 0.3) is 28.2 Å². The molecule has 0 radical (unpaired) electrons. The third kappa shape index (κ3) is 4.68. The average Bonchev–Trinajstić information content (AvgIpc) is 3.52. The molecule has 5 aromatic heterocycles. The lowest BCUT2D eigenvalue weighted by molar-refractivity contribution is -0.380. The number of fused-ring (bicyclic) bond motifs is 1. The molecule has 0 bridgehead atoms. The first kappa shape index (κ1) is 23.9. The van der Waals surface area contributed by atoms with E-state index in [9.17, 15) is 32.5 Å². The fraction of sp³-hybridized carbons (Fsp3) is 0.0476. The molecule has 5 rings (SSSR count). The van der Waals surface area contributed by atoms with Crippen molar-refractivity contribution in [2.24, 2.45) is 0 Å². The number of carbonyl (C=O) groups excluding carboxylic acids is 1. The predicted octanol–water partition coefficient (Wildman–Crippen LogP) is 4.65. The number of alkyl halides is 3. The number of thiophene rings is 1. The number of nitrogens with one attached hydrogen (secondary N) is 1. The molecule has 1 N–H and O–H groups in total. The van der Waals surface area contributed by atoms with Crippen LogP contribution in [0, 0.1) is 16.1 Å². The van der Waals surface area contributed by atoms with Gasteiger partial charge in [0.05, 0.1) is 26.9 Å². The molecule has 11 nitrogen and oxygen atoms in total. The van der Waals surface area contributed by atoms with Crippen molar-refractivity contribution in [3.63, 3.8) is 0 Å². The van der Waals surface area contributed by atoms with Gasteiger partial charge in [-0.15, -0.1) is 0 Å². The van der Waals surface area contributed by atoms with E-state index in [1.54, 1.807) is 0 Å². The number of nitro groups is 1. The van der Waals surface area contributed by atoms with Gasteiger partial charge in [-0.3, -0.25) is 14.9 Å². The monoisotopic (exact) mass is 530 g/mol. The molecule has 1 amide bonds. The molecular weight excluding hydrogens is 520 g/mol. The van der Waals surface area contributed by atoms with E-state index in [0.29, 0.717) is 17.5 Å². The van der Waals surface area contributed by atoms with Crippen molar-refractivity contribution in [2.45, 2.75) is 6.18 Å². The lowest BCUT2D eigenvalue weighted by Gasteiger charge is -2.09. The van der Waals surface area contributed by atoms with Gasteiger partial charge in [-0.1, -0.05) is 11.3 Å². The number of hydrogen-bond acceptors (Lipinski definition) is 9. The summed E-state index contributed by atoms with van der Waals surface area (Å²) in [5.74, 6) is -1.53. The number of pyridine rings is 2. The Bertz CT molecular complexity index is 1650. The second-order valence-corrected chi connectivity index (χ2v) is 8.37. The summed E-state index contributed by atoms with van der Waals surface area (Å²) in [6, 6.07) is 6.79. The molecule has 0 aromatic carbocycles. The Morgan fingerprint density at radius 2 is 1.84 bits per heavy atom. The van der Waals surface area contributed by atoms with Crippen LogP contribution in [0.15, 0.2) is 55.0 Å². The maximum absolute atomic E-state index is 13.3. The Labute approximate surface area is 206 Å². The van der Waals surface area contributed by atoms with Gasteiger partial charge in [0.1, 0.15) is 5.82 Å². The topological polar surface area (TPSA) is 142 Å². The minimum Gasteiger partial charge on any atom is -0.305 e. The van der Waals surface area contributed by atoms with Gasteiger partial charge in [-0.2, -0.15) is 27.3 Å². The molecule has 5 heterocycles. The average molecular weight is 530 g/mol. The van der Waals surface area contributed by atoms with Crippen LogP contribution in [0.3, 0.4) is 0 Å². The SMILES string of the molecule is O=C(Nc1nc(-c2ccc(F)nc2)nc2c1cnn2-c1ccc(C(F)(F)F)cn1)c1ccc([N+](=O)[O-])s1. The van der Waals surface area contributed by atoms with Crippen LogP contribution >= 0.6 is 11.3 Å². The van der Waals surface area contributed by atoms with Gasteiger partial charge in [0.25, 0.3) is 5.91 Å². The lowest BCUT2D eigenvalue weighted by atomic mass is 10.2. The zero-order chi connectivity index (χ0) is 26.3. The number of rotatable bonds is 5. The van der Waals surface area contributed by atoms with Crippen molar-refractivity contribution in [2.75, 3.05) is 5.32 Å². The van der Waals surface area contributed by atoms with Gasteiger partial charge in [0.2, 0.25) is 5.95 Å². The molecule has 0 fully saturated rings. The number of carbonyl (C=O) groups is 1. The highest BCUT2D eigenvalue weighted by Gasteiger charge is 2.31. The van der Waals surface area contributed by atoms with E-state index in [1.165, 1.54) is 24.4 Å². The van der Waals surface area contributed by atoms with Gasteiger partial charge in [-0.05, 0) is 30.3 Å². The van der Waals surface area contributed by atoms with E-state index >= 15 is 0 Å². The van der Waals surface area contributed by atoms with Crippen LogP contribution in [0.2, 0.25) is 0 Å². The van der Waals surface area contributed by atoms with E-state index < -0.39 is 28.5 Å². The van der Waals surface area contributed by atoms with Crippen LogP contribution in [0.4, 0.5) is 28.4 Å². The van der Waals surface area contributed by atoms with Crippen molar-refractivity contribution < 1.29 is 27.3 Å². The summed E-state index contributed by atoms with van der Waals surface area (Å²) < 4.78 is 53.3. The lowest BCUT2D eigenvalue weighted by Crippen LogP contribution is -2.13. The molecular formula is C21H10F4N8O3S. The Morgan fingerprint density at radius 3 is 2.46 bits per heavy atom. The smallest absolute Gasteiger partial charge is 0.305 e. The van der Waals surface area contributed by atoms with Crippen molar-refractivity contribution in [3.8, 4) is 17.2 Å². The van der Waals surface area contributed by atoms with Gasteiger partial charge < -0.3 is 5.32 Å². The molecule has 37 heavy (non-hydrogen) atoms. The molecule has 0 atom stereocenters. The predicted molar refractivity (Wildman–Crippen MR) is 122 cm³/mol. The van der Waals surface area contributed by atoms with Crippen molar-refractivity contribution in [1.82, 2.24) is 29.7 Å². The van der Waals surface area contributed by atoms with Crippen LogP contribution in [0.1, 0.15) is 15.2 Å². The summed E-state index contributed by atoms with van der Waals surface area (Å²) in [5, 5.41) is 17.6. The van der Waals surface area contributed by atoms with E-state index in [2.05, 4.69) is 30.4 Å². The molecule has 186 valence electrons. The van der Waals surface area contributed by atoms with Crippen LogP contribution < -0.4 is 5.32 Å². The molecule has 0 aliphatic rings. The molecule has 5 aromatic rings. The maximum Gasteiger partial charge on any atom is 0.417 e. The highest BCUT2D eigenvalue weighted by molar-refractivity contribution is 7.17. The quantitative estimate of drug-likeness (QED) is 0.150. The fourth-order valence-corrected chi connectivity index (χ4v) is 3.92. The summed E-state index contributed by atoms with van der Waals surface area (Å²) >= 11 is 0.652. The number of amides is 1. The third-order valence-corrected chi connectivity index (χ3v) is 5.97. The van der Waals surface area contributed by atoms with Gasteiger partial charge in [0, 0.05) is 24.0 Å². The Balaban J connectivity index is 1.61. The zero-order valence-corrected chi connectivity index (χ0v) is 18.8. The standard InChI is InChI=1S/C21H10F4N8O3S/c22-14-4-1-10(7-26-14)17-29-18(31-20(34)13-3-6-16(37-13)33(35)36)12-9-28-32(19(12)30-17)15-5-2-11(8-27-15)21(23,24)25/h1-9H,(H,29,30,31,34). The molecule has 16 heteroatoms. The first-order chi connectivity index (χ1) is 17.6. The number of nitrogens with zero attached hydrogens (tertiary/aromatic N) is 7. The Morgan fingerprint density at radius 1 is 1.03 bits per heavy atom. The molecule has 0 aliphatic heterocycles. The zero-order valence-electron chi connectivity index (χ0n) is 18.0. The fourth-order valence-electron chi connectivity index (χ4n) is 3.20. The molecule has 0 unspecified atom stereocenters. The van der Waals surface area contributed by atoms with E-state index in [4.69, 9.17) is 0 Å². The first-order valence-corrected chi connectivity index (χ1v) is 10.9. The van der Waals surface area contributed by atoms with E-state index in [0.717, 1.165) is 29.1 Å². The van der Waals surface area contributed by atoms with Crippen molar-refractivity contribution in [1.29, 1.82) is 0 Å². The summed E-state index contributed by atoms with van der Waals surface area (Å²) in [7, 11) is 0. The number of hydrogen-bond donors (Lipinski definition) is 1. The van der Waals surface area contributed by atoms with Gasteiger partial charge in [0.15, 0.2) is 17.3 Å². The summed E-state index contributed by atoms with van der Waals surface area (Å²) in [5.41, 5.74) is -0.633. The van der Waals surface area contributed by atoms with Gasteiger partial charge in [-0.25, -0.2) is 19.9 Å². The Hall–Kier alpha value is -4.86. The second-order valence-electron chi connectivity index (χ2n) is 7.31. The number of halogens is 4. The van der Waals surface area contributed by atoms with E-state index in [1.807, 2.05) is 0 Å². The highest BCUT2D eigenvalue weighted by atomic mass is 32.1. The first-order valence-electron chi connectivity index (χ1n) is 10.1.